The smallest absolute Gasteiger partial charge is 0.323 e. The average Bonchev–Trinajstić information content (AvgIpc) is 2.76. The van der Waals surface area contributed by atoms with Crippen molar-refractivity contribution in [1.82, 2.24) is 10.2 Å². The fraction of sp³-hybridized carbons (Fsp3) is 0.846. The third-order valence-electron chi connectivity index (χ3n) is 3.31. The van der Waals surface area contributed by atoms with E-state index in [1.165, 1.54) is 7.11 Å². The molecule has 1 aliphatic heterocycles. The first-order valence-electron chi connectivity index (χ1n) is 6.69. The van der Waals surface area contributed by atoms with E-state index in [-0.39, 0.29) is 30.5 Å². The van der Waals surface area contributed by atoms with Gasteiger partial charge < -0.3 is 10.1 Å². The zero-order chi connectivity index (χ0) is 13.5. The fourth-order valence-electron chi connectivity index (χ4n) is 2.43. The highest BCUT2D eigenvalue weighted by Gasteiger charge is 2.32. The first-order valence-corrected chi connectivity index (χ1v) is 6.69. The van der Waals surface area contributed by atoms with Crippen LogP contribution in [-0.2, 0) is 14.3 Å². The molecule has 0 aliphatic carbocycles. The molecule has 18 heavy (non-hydrogen) atoms. The molecule has 0 spiro atoms. The minimum absolute atomic E-state index is 0.00764. The van der Waals surface area contributed by atoms with Crippen molar-refractivity contribution in [1.29, 1.82) is 0 Å². The average molecular weight is 256 g/mol. The van der Waals surface area contributed by atoms with Crippen molar-refractivity contribution in [3.8, 4) is 0 Å². The van der Waals surface area contributed by atoms with Crippen LogP contribution >= 0.6 is 0 Å². The Bertz CT molecular complexity index is 294. The summed E-state index contributed by atoms with van der Waals surface area (Å²) in [5.41, 5.74) is 0. The first-order chi connectivity index (χ1) is 8.58. The summed E-state index contributed by atoms with van der Waals surface area (Å²) in [5.74, 6) is -0.242. The molecule has 0 aromatic carbocycles. The molecule has 1 amide bonds. The number of esters is 1. The van der Waals surface area contributed by atoms with E-state index in [1.54, 1.807) is 0 Å². The van der Waals surface area contributed by atoms with E-state index in [4.69, 9.17) is 4.74 Å². The van der Waals surface area contributed by atoms with Gasteiger partial charge in [0.1, 0.15) is 6.04 Å². The van der Waals surface area contributed by atoms with Gasteiger partial charge in [0, 0.05) is 6.04 Å². The Morgan fingerprint density at radius 1 is 1.50 bits per heavy atom. The topological polar surface area (TPSA) is 58.6 Å². The Morgan fingerprint density at radius 3 is 2.83 bits per heavy atom. The largest absolute Gasteiger partial charge is 0.468 e. The molecule has 2 unspecified atom stereocenters. The molecular formula is C13H24N2O3. The molecule has 1 saturated heterocycles. The lowest BCUT2D eigenvalue weighted by Gasteiger charge is -2.22. The summed E-state index contributed by atoms with van der Waals surface area (Å²) in [5, 5.41) is 2.95. The number of carbonyl (C=O) groups excluding carboxylic acids is 2. The maximum atomic E-state index is 11.8. The molecule has 0 saturated carbocycles. The van der Waals surface area contributed by atoms with E-state index in [2.05, 4.69) is 12.2 Å². The Labute approximate surface area is 109 Å². The van der Waals surface area contributed by atoms with Gasteiger partial charge in [-0.3, -0.25) is 14.5 Å². The van der Waals surface area contributed by atoms with Crippen LogP contribution in [0.5, 0.6) is 0 Å². The number of rotatable bonds is 6. The van der Waals surface area contributed by atoms with Gasteiger partial charge in [-0.1, -0.05) is 13.3 Å². The number of hydrogen-bond donors (Lipinski definition) is 1. The van der Waals surface area contributed by atoms with Crippen molar-refractivity contribution in [2.45, 2.75) is 51.6 Å². The molecule has 0 aromatic rings. The van der Waals surface area contributed by atoms with Crippen LogP contribution in [0.3, 0.4) is 0 Å². The van der Waals surface area contributed by atoms with Crippen molar-refractivity contribution in [3.05, 3.63) is 0 Å². The maximum absolute atomic E-state index is 11.8. The van der Waals surface area contributed by atoms with Gasteiger partial charge in [0.05, 0.1) is 13.7 Å². The minimum Gasteiger partial charge on any atom is -0.468 e. The van der Waals surface area contributed by atoms with Crippen LogP contribution < -0.4 is 5.32 Å². The van der Waals surface area contributed by atoms with Crippen molar-refractivity contribution in [2.75, 3.05) is 20.2 Å². The highest BCUT2D eigenvalue weighted by Crippen LogP contribution is 2.17. The van der Waals surface area contributed by atoms with Crippen LogP contribution in [0, 0.1) is 0 Å². The highest BCUT2D eigenvalue weighted by atomic mass is 16.5. The number of hydrogen-bond acceptors (Lipinski definition) is 4. The normalized spacial score (nSPS) is 21.6. The molecule has 0 aromatic heterocycles. The van der Waals surface area contributed by atoms with Gasteiger partial charge in [0.15, 0.2) is 0 Å². The molecule has 1 rings (SSSR count). The second-order valence-electron chi connectivity index (χ2n) is 4.91. The van der Waals surface area contributed by atoms with Gasteiger partial charge >= 0.3 is 5.97 Å². The highest BCUT2D eigenvalue weighted by molar-refractivity contribution is 5.81. The number of nitrogens with one attached hydrogen (secondary N) is 1. The van der Waals surface area contributed by atoms with Crippen LogP contribution in [0.2, 0.25) is 0 Å². The van der Waals surface area contributed by atoms with Crippen LogP contribution in [0.4, 0.5) is 0 Å². The number of ether oxygens (including phenoxy) is 1. The summed E-state index contributed by atoms with van der Waals surface area (Å²) in [6, 6.07) is -0.0519. The van der Waals surface area contributed by atoms with E-state index >= 15 is 0 Å². The molecule has 1 fully saturated rings. The van der Waals surface area contributed by atoms with E-state index in [9.17, 15) is 9.59 Å². The molecule has 5 heteroatoms. The van der Waals surface area contributed by atoms with Gasteiger partial charge in [0.25, 0.3) is 0 Å². The predicted molar refractivity (Wildman–Crippen MR) is 69.1 cm³/mol. The lowest BCUT2D eigenvalue weighted by molar-refractivity contribution is -0.146. The predicted octanol–water partition coefficient (Wildman–Crippen LogP) is 0.929. The summed E-state index contributed by atoms with van der Waals surface area (Å²) in [4.78, 5) is 25.3. The number of carbonyl (C=O) groups is 2. The van der Waals surface area contributed by atoms with Crippen LogP contribution in [-0.4, -0.2) is 49.1 Å². The molecule has 1 N–H and O–H groups in total. The Hall–Kier alpha value is -1.10. The fourth-order valence-corrected chi connectivity index (χ4v) is 2.43. The third kappa shape index (κ3) is 4.29. The number of amides is 1. The van der Waals surface area contributed by atoms with Gasteiger partial charge in [-0.25, -0.2) is 0 Å². The maximum Gasteiger partial charge on any atom is 0.323 e. The summed E-state index contributed by atoms with van der Waals surface area (Å²) < 4.78 is 4.75. The number of likely N-dealkylation sites (tertiary alicyclic amines) is 1. The Morgan fingerprint density at radius 2 is 2.22 bits per heavy atom. The molecule has 2 atom stereocenters. The monoisotopic (exact) mass is 256 g/mol. The number of nitrogens with zero attached hydrogens (tertiary/aromatic N) is 1. The minimum atomic E-state index is -0.248. The summed E-state index contributed by atoms with van der Waals surface area (Å²) in [6.45, 7) is 5.17. The van der Waals surface area contributed by atoms with E-state index < -0.39 is 0 Å². The van der Waals surface area contributed by atoms with Crippen LogP contribution in [0.1, 0.15) is 39.5 Å². The second kappa shape index (κ2) is 7.36. The summed E-state index contributed by atoms with van der Waals surface area (Å²) in [7, 11) is 1.39. The molecule has 1 aliphatic rings. The molecule has 104 valence electrons. The molecule has 0 radical (unpaired) electrons. The van der Waals surface area contributed by atoms with Crippen molar-refractivity contribution in [2.24, 2.45) is 0 Å². The van der Waals surface area contributed by atoms with Crippen molar-refractivity contribution >= 4 is 11.9 Å². The van der Waals surface area contributed by atoms with E-state index in [0.29, 0.717) is 0 Å². The first kappa shape index (κ1) is 15.0. The number of methoxy groups -OCH3 is 1. The van der Waals surface area contributed by atoms with Crippen LogP contribution in [0.25, 0.3) is 0 Å². The van der Waals surface area contributed by atoms with Gasteiger partial charge in [0.2, 0.25) is 5.91 Å². The quantitative estimate of drug-likeness (QED) is 0.718. The zero-order valence-corrected chi connectivity index (χ0v) is 11.6. The Balaban J connectivity index is 2.41. The second-order valence-corrected chi connectivity index (χ2v) is 4.91. The standard InChI is InChI=1S/C13H24N2O3/c1-4-6-10(2)14-12(16)9-15-8-5-7-11(15)13(17)18-3/h10-11H,4-9H2,1-3H3,(H,14,16). The molecule has 0 bridgehead atoms. The van der Waals surface area contributed by atoms with Gasteiger partial charge in [-0.15, -0.1) is 0 Å². The summed E-state index contributed by atoms with van der Waals surface area (Å²) >= 11 is 0. The lowest BCUT2D eigenvalue weighted by Crippen LogP contribution is -2.45. The zero-order valence-electron chi connectivity index (χ0n) is 11.6. The van der Waals surface area contributed by atoms with Crippen molar-refractivity contribution < 1.29 is 14.3 Å². The molecule has 1 heterocycles. The third-order valence-corrected chi connectivity index (χ3v) is 3.31. The molecule has 5 nitrogen and oxygen atoms in total. The van der Waals surface area contributed by atoms with Gasteiger partial charge in [-0.05, 0) is 32.7 Å². The Kier molecular flexibility index (Phi) is 6.12. The summed E-state index contributed by atoms with van der Waals surface area (Å²) in [6.07, 6.45) is 3.75. The van der Waals surface area contributed by atoms with Crippen molar-refractivity contribution in [3.63, 3.8) is 0 Å². The van der Waals surface area contributed by atoms with Gasteiger partial charge in [-0.2, -0.15) is 0 Å². The van der Waals surface area contributed by atoms with E-state index in [1.807, 2.05) is 11.8 Å². The van der Waals surface area contributed by atoms with E-state index in [0.717, 1.165) is 32.2 Å². The lowest BCUT2D eigenvalue weighted by atomic mass is 10.2. The van der Waals surface area contributed by atoms with Crippen LogP contribution in [0.15, 0.2) is 0 Å². The molecular weight excluding hydrogens is 232 g/mol. The SMILES string of the molecule is CCCC(C)NC(=O)CN1CCCC1C(=O)OC.